The maximum Gasteiger partial charge on any atom is 0.408 e. The third-order valence-electron chi connectivity index (χ3n) is 4.54. The van der Waals surface area contributed by atoms with Gasteiger partial charge < -0.3 is 20.3 Å². The number of alkyl carbamates (subject to hydrolysis) is 1. The molecule has 0 spiro atoms. The minimum absolute atomic E-state index is 0.0216. The number of nitrogens with one attached hydrogen (secondary N) is 1. The second-order valence-corrected chi connectivity index (χ2v) is 10.1. The molecule has 37 heavy (non-hydrogen) atoms. The van der Waals surface area contributed by atoms with Crippen molar-refractivity contribution in [1.29, 1.82) is 0 Å². The summed E-state index contributed by atoms with van der Waals surface area (Å²) < 4.78 is 5.68. The third kappa shape index (κ3) is 13.0. The number of carboxylic acid groups (broad SMARTS) is 2. The third-order valence-corrected chi connectivity index (χ3v) is 7.12. The zero-order valence-corrected chi connectivity index (χ0v) is 22.3. The quantitative estimate of drug-likeness (QED) is 0.264. The molecule has 0 aliphatic rings. The number of aliphatic carboxylic acids is 2. The minimum atomic E-state index is -1.08. The molecule has 194 valence electrons. The van der Waals surface area contributed by atoms with Crippen LogP contribution in [0.25, 0.3) is 0 Å². The van der Waals surface area contributed by atoms with Gasteiger partial charge in [0, 0.05) is 11.5 Å². The Kier molecular flexibility index (Phi) is 13.9. The van der Waals surface area contributed by atoms with Crippen LogP contribution in [0, 0.1) is 0 Å². The SMILES string of the molecule is O=C(N[C@@H](CSCc1ccccc1)C(=O)O)OCc1ccccc1.O=C(O)CSC(=S)c1ccccc1. The molecule has 1 atom stereocenters. The second-order valence-electron chi connectivity index (χ2n) is 7.43. The first-order chi connectivity index (χ1) is 17.8. The lowest BCUT2D eigenvalue weighted by atomic mass is 10.2. The van der Waals surface area contributed by atoms with E-state index < -0.39 is 24.1 Å². The summed E-state index contributed by atoms with van der Waals surface area (Å²) in [6, 6.07) is 27.4. The fourth-order valence-corrected chi connectivity index (χ4v) is 4.61. The van der Waals surface area contributed by atoms with Crippen molar-refractivity contribution in [3.05, 3.63) is 108 Å². The lowest BCUT2D eigenvalue weighted by Crippen LogP contribution is -2.42. The van der Waals surface area contributed by atoms with E-state index in [4.69, 9.17) is 22.1 Å². The molecule has 3 aromatic carbocycles. The number of thioether (sulfide) groups is 2. The van der Waals surface area contributed by atoms with Crippen LogP contribution in [-0.2, 0) is 26.7 Å². The van der Waals surface area contributed by atoms with E-state index in [1.807, 2.05) is 91.0 Å². The van der Waals surface area contributed by atoms with Crippen molar-refractivity contribution in [3.63, 3.8) is 0 Å². The fraction of sp³-hybridized carbons (Fsp3) is 0.185. The Morgan fingerprint density at radius 2 is 1.38 bits per heavy atom. The Bertz CT molecular complexity index is 1130. The molecular weight excluding hydrogens is 530 g/mol. The number of thiocarbonyl (C=S) groups is 1. The summed E-state index contributed by atoms with van der Waals surface area (Å²) in [7, 11) is 0. The van der Waals surface area contributed by atoms with E-state index in [1.165, 1.54) is 23.5 Å². The number of hydrogen-bond donors (Lipinski definition) is 3. The topological polar surface area (TPSA) is 113 Å². The van der Waals surface area contributed by atoms with Gasteiger partial charge in [-0.2, -0.15) is 11.8 Å². The summed E-state index contributed by atoms with van der Waals surface area (Å²) in [5.41, 5.74) is 2.86. The summed E-state index contributed by atoms with van der Waals surface area (Å²) in [6.45, 7) is 0.107. The molecule has 1 amide bonds. The number of rotatable bonds is 11. The van der Waals surface area contributed by atoms with Crippen LogP contribution in [-0.4, -0.2) is 50.0 Å². The van der Waals surface area contributed by atoms with Crippen molar-refractivity contribution in [1.82, 2.24) is 5.32 Å². The molecule has 3 aromatic rings. The van der Waals surface area contributed by atoms with Gasteiger partial charge in [0.05, 0.1) is 9.95 Å². The molecule has 10 heteroatoms. The predicted molar refractivity (Wildman–Crippen MR) is 152 cm³/mol. The average molecular weight is 558 g/mol. The van der Waals surface area contributed by atoms with Gasteiger partial charge in [-0.1, -0.05) is 103 Å². The standard InChI is InChI=1S/C18H19NO4S.C9H8O2S2/c20-17(21)16(13-24-12-15-9-5-2-6-10-15)19-18(22)23-11-14-7-3-1-4-8-14;10-8(11)6-13-9(12)7-4-2-1-3-5-7/h1-10,16H,11-13H2,(H,19,22)(H,20,21);1-5H,6H2,(H,10,11)/t16-;/m0./s1. The van der Waals surface area contributed by atoms with Gasteiger partial charge in [-0.15, -0.1) is 11.8 Å². The zero-order valence-electron chi connectivity index (χ0n) is 19.8. The summed E-state index contributed by atoms with van der Waals surface area (Å²) >= 11 is 7.66. The molecule has 0 bridgehead atoms. The maximum atomic E-state index is 11.8. The van der Waals surface area contributed by atoms with Gasteiger partial charge >= 0.3 is 18.0 Å². The van der Waals surface area contributed by atoms with Crippen LogP contribution in [0.5, 0.6) is 0 Å². The first-order valence-corrected chi connectivity index (χ1v) is 13.7. The Morgan fingerprint density at radius 3 is 1.92 bits per heavy atom. The molecule has 0 saturated heterocycles. The number of hydrogen-bond acceptors (Lipinski definition) is 7. The molecular formula is C27H27NO6S3. The zero-order chi connectivity index (χ0) is 26.9. The minimum Gasteiger partial charge on any atom is -0.481 e. The lowest BCUT2D eigenvalue weighted by molar-refractivity contribution is -0.138. The van der Waals surface area contributed by atoms with Gasteiger partial charge in [-0.05, 0) is 16.7 Å². The highest BCUT2D eigenvalue weighted by atomic mass is 32.2. The van der Waals surface area contributed by atoms with Gasteiger partial charge in [0.15, 0.2) is 0 Å². The lowest BCUT2D eigenvalue weighted by Gasteiger charge is -2.14. The molecule has 0 fully saturated rings. The fourth-order valence-electron chi connectivity index (χ4n) is 2.74. The predicted octanol–water partition coefficient (Wildman–Crippen LogP) is 5.48. The van der Waals surface area contributed by atoms with Crippen molar-refractivity contribution in [3.8, 4) is 0 Å². The Labute approximate surface area is 229 Å². The van der Waals surface area contributed by atoms with Crippen molar-refractivity contribution in [2.45, 2.75) is 18.4 Å². The van der Waals surface area contributed by atoms with Crippen LogP contribution in [0.15, 0.2) is 91.0 Å². The number of ether oxygens (including phenoxy) is 1. The highest BCUT2D eigenvalue weighted by Crippen LogP contribution is 2.14. The van der Waals surface area contributed by atoms with E-state index >= 15 is 0 Å². The molecule has 0 heterocycles. The van der Waals surface area contributed by atoms with Crippen LogP contribution in [0.3, 0.4) is 0 Å². The van der Waals surface area contributed by atoms with E-state index in [-0.39, 0.29) is 18.1 Å². The number of carbonyl (C=O) groups excluding carboxylic acids is 1. The second kappa shape index (κ2) is 17.2. The van der Waals surface area contributed by atoms with Crippen LogP contribution < -0.4 is 5.32 Å². The number of carboxylic acids is 2. The Balaban J connectivity index is 0.000000312. The molecule has 3 rings (SSSR count). The number of amides is 1. The highest BCUT2D eigenvalue weighted by Gasteiger charge is 2.20. The summed E-state index contributed by atoms with van der Waals surface area (Å²) in [5.74, 6) is -0.945. The number of carbonyl (C=O) groups is 3. The van der Waals surface area contributed by atoms with Gasteiger partial charge in [0.25, 0.3) is 0 Å². The van der Waals surface area contributed by atoms with Gasteiger partial charge in [0.2, 0.25) is 0 Å². The molecule has 0 aliphatic carbocycles. The highest BCUT2D eigenvalue weighted by molar-refractivity contribution is 8.24. The molecule has 0 aliphatic heterocycles. The Morgan fingerprint density at radius 1 is 0.838 bits per heavy atom. The van der Waals surface area contributed by atoms with Gasteiger partial charge in [0.1, 0.15) is 12.6 Å². The Hall–Kier alpha value is -3.34. The molecule has 0 aromatic heterocycles. The molecule has 3 N–H and O–H groups in total. The summed E-state index contributed by atoms with van der Waals surface area (Å²) in [5, 5.41) is 20.0. The van der Waals surface area contributed by atoms with Crippen molar-refractivity contribution in [2.24, 2.45) is 0 Å². The van der Waals surface area contributed by atoms with Crippen LogP contribution in [0.2, 0.25) is 0 Å². The first kappa shape index (κ1) is 29.9. The summed E-state index contributed by atoms with van der Waals surface area (Å²) in [4.78, 5) is 33.3. The van der Waals surface area contributed by atoms with E-state index in [2.05, 4.69) is 5.32 Å². The van der Waals surface area contributed by atoms with Crippen LogP contribution in [0.4, 0.5) is 4.79 Å². The van der Waals surface area contributed by atoms with E-state index in [9.17, 15) is 19.5 Å². The monoisotopic (exact) mass is 557 g/mol. The van der Waals surface area contributed by atoms with Crippen molar-refractivity contribution >= 4 is 58.0 Å². The van der Waals surface area contributed by atoms with Gasteiger partial charge in [-0.3, -0.25) is 4.79 Å². The van der Waals surface area contributed by atoms with Crippen LogP contribution >= 0.6 is 35.7 Å². The molecule has 0 saturated carbocycles. The molecule has 0 unspecified atom stereocenters. The van der Waals surface area contributed by atoms with E-state index in [1.54, 1.807) is 0 Å². The van der Waals surface area contributed by atoms with E-state index in [0.717, 1.165) is 16.7 Å². The smallest absolute Gasteiger partial charge is 0.408 e. The maximum absolute atomic E-state index is 11.8. The largest absolute Gasteiger partial charge is 0.481 e. The van der Waals surface area contributed by atoms with Crippen LogP contribution in [0.1, 0.15) is 16.7 Å². The molecule has 0 radical (unpaired) electrons. The average Bonchev–Trinajstić information content (AvgIpc) is 2.92. The van der Waals surface area contributed by atoms with Gasteiger partial charge in [-0.25, -0.2) is 9.59 Å². The summed E-state index contributed by atoms with van der Waals surface area (Å²) in [6.07, 6.45) is -0.730. The van der Waals surface area contributed by atoms with Crippen molar-refractivity contribution in [2.75, 3.05) is 11.5 Å². The van der Waals surface area contributed by atoms with E-state index in [0.29, 0.717) is 9.95 Å². The first-order valence-electron chi connectivity index (χ1n) is 11.1. The molecule has 7 nitrogen and oxygen atoms in total. The van der Waals surface area contributed by atoms with Crippen molar-refractivity contribution < 1.29 is 29.3 Å². The number of benzene rings is 3. The normalized spacial score (nSPS) is 10.8.